The van der Waals surface area contributed by atoms with Crippen molar-refractivity contribution in [2.45, 2.75) is 0 Å². The molecule has 8 aromatic rings. The highest BCUT2D eigenvalue weighted by Gasteiger charge is 2.19. The lowest BCUT2D eigenvalue weighted by Gasteiger charge is -2.11. The zero-order valence-corrected chi connectivity index (χ0v) is 47.3. The summed E-state index contributed by atoms with van der Waals surface area (Å²) in [5, 5.41) is 43.3. The van der Waals surface area contributed by atoms with E-state index in [0.717, 1.165) is 25.0 Å². The van der Waals surface area contributed by atoms with E-state index in [0.29, 0.717) is 23.0 Å². The molecule has 4 N–H and O–H groups in total. The maximum absolute atomic E-state index is 11.3. The van der Waals surface area contributed by atoms with Crippen molar-refractivity contribution in [1.82, 2.24) is 0 Å². The van der Waals surface area contributed by atoms with Crippen molar-refractivity contribution in [2.75, 3.05) is 43.9 Å². The summed E-state index contributed by atoms with van der Waals surface area (Å²) >= 11 is 0. The smallest absolute Gasteiger partial charge is 0.273 e. The summed E-state index contributed by atoms with van der Waals surface area (Å²) in [6, 6.07) is 48.9. The second-order valence-corrected chi connectivity index (χ2v) is 23.9. The molecule has 0 radical (unpaired) electrons. The van der Waals surface area contributed by atoms with Crippen molar-refractivity contribution < 1.29 is 72.3 Å². The fraction of sp³-hybridized carbons (Fsp3) is 0.0769. The first-order valence-corrected chi connectivity index (χ1v) is 30.9. The largest absolute Gasteiger partial charge is 0.455 e. The predicted octanol–water partition coefficient (Wildman–Crippen LogP) is 11.0. The van der Waals surface area contributed by atoms with Crippen molar-refractivity contribution in [2.24, 2.45) is 0 Å². The van der Waals surface area contributed by atoms with Gasteiger partial charge in [0.2, 0.25) is 40.1 Å². The molecular weight excluding hydrogens is 1180 g/mol. The molecule has 0 aliphatic rings. The zero-order chi connectivity index (χ0) is 61.8. The Labute approximate surface area is 480 Å². The fourth-order valence-corrected chi connectivity index (χ4v) is 8.71. The van der Waals surface area contributed by atoms with Crippen LogP contribution >= 0.6 is 0 Å². The first kappa shape index (κ1) is 64.4. The summed E-state index contributed by atoms with van der Waals surface area (Å²) in [5.74, 6) is 1.98. The van der Waals surface area contributed by atoms with Crippen molar-refractivity contribution in [1.29, 1.82) is 0 Å². The molecule has 0 spiro atoms. The van der Waals surface area contributed by atoms with Gasteiger partial charge in [-0.25, -0.2) is 33.7 Å². The number of nitrogens with zero attached hydrogens (tertiary/aromatic N) is 4. The van der Waals surface area contributed by atoms with Gasteiger partial charge in [0.15, 0.2) is 23.0 Å². The van der Waals surface area contributed by atoms with Gasteiger partial charge in [-0.15, -0.1) is 0 Å². The van der Waals surface area contributed by atoms with Crippen LogP contribution in [0.25, 0.3) is 0 Å². The maximum atomic E-state index is 11.3. The van der Waals surface area contributed by atoms with Crippen molar-refractivity contribution >= 4 is 85.6 Å². The summed E-state index contributed by atoms with van der Waals surface area (Å²) in [6.45, 7) is 0. The van der Waals surface area contributed by atoms with Gasteiger partial charge in [-0.05, 0) is 72.8 Å². The Kier molecular flexibility index (Phi) is 22.1. The first-order valence-electron chi connectivity index (χ1n) is 23.4. The van der Waals surface area contributed by atoms with Gasteiger partial charge in [0.05, 0.1) is 91.7 Å². The van der Waals surface area contributed by atoms with Crippen LogP contribution in [0.4, 0.5) is 45.5 Å². The Morgan fingerprint density at radius 1 is 0.286 bits per heavy atom. The van der Waals surface area contributed by atoms with Crippen molar-refractivity contribution in [3.63, 3.8) is 0 Å². The van der Waals surface area contributed by atoms with Gasteiger partial charge in [0, 0.05) is 24.3 Å². The van der Waals surface area contributed by atoms with Crippen LogP contribution in [0.3, 0.4) is 0 Å². The van der Waals surface area contributed by atoms with E-state index in [9.17, 15) is 74.1 Å². The molecule has 0 bridgehead atoms. The average molecular weight is 1230 g/mol. The van der Waals surface area contributed by atoms with E-state index < -0.39 is 59.8 Å². The lowest BCUT2D eigenvalue weighted by Crippen LogP contribution is -2.10. The van der Waals surface area contributed by atoms with Crippen LogP contribution in [0.15, 0.2) is 194 Å². The maximum Gasteiger partial charge on any atom is 0.273 e. The lowest BCUT2D eigenvalue weighted by molar-refractivity contribution is -0.385. The Morgan fingerprint density at radius 2 is 0.452 bits per heavy atom. The van der Waals surface area contributed by atoms with E-state index >= 15 is 0 Å². The van der Waals surface area contributed by atoms with Gasteiger partial charge in [-0.2, -0.15) is 0 Å². The van der Waals surface area contributed by atoms with Crippen LogP contribution < -0.4 is 37.8 Å². The number of benzene rings is 8. The van der Waals surface area contributed by atoms with Gasteiger partial charge < -0.3 is 18.9 Å². The Bertz CT molecular complexity index is 3570. The number of anilines is 4. The standard InChI is InChI=1S/4C13H12N2O5S/c4*1-21(18,19)14-12-8-7-10(15(16)17)9-13(12)20-11-5-3-2-4-6-11/h4*2-9,14H,1H3. The highest BCUT2D eigenvalue weighted by Crippen LogP contribution is 2.37. The molecule has 0 fully saturated rings. The molecule has 28 nitrogen and oxygen atoms in total. The molecule has 0 aliphatic carbocycles. The minimum Gasteiger partial charge on any atom is -0.455 e. The molecule has 0 saturated carbocycles. The Balaban J connectivity index is 0.000000205. The minimum absolute atomic E-state index is 0.0563. The highest BCUT2D eigenvalue weighted by molar-refractivity contribution is 7.92. The summed E-state index contributed by atoms with van der Waals surface area (Å²) in [4.78, 5) is 40.9. The van der Waals surface area contributed by atoms with Crippen molar-refractivity contribution in [3.8, 4) is 46.0 Å². The molecule has 84 heavy (non-hydrogen) atoms. The highest BCUT2D eigenvalue weighted by atomic mass is 32.2. The van der Waals surface area contributed by atoms with Crippen LogP contribution in [-0.2, 0) is 40.1 Å². The van der Waals surface area contributed by atoms with Gasteiger partial charge in [-0.1, -0.05) is 72.8 Å². The Hall–Kier alpha value is -10.4. The second-order valence-electron chi connectivity index (χ2n) is 16.9. The number of rotatable bonds is 20. The van der Waals surface area contributed by atoms with Crippen LogP contribution in [0.2, 0.25) is 0 Å². The van der Waals surface area contributed by atoms with E-state index in [2.05, 4.69) is 18.9 Å². The third kappa shape index (κ3) is 22.6. The van der Waals surface area contributed by atoms with E-state index in [1.54, 1.807) is 121 Å². The number of hydrogen-bond donors (Lipinski definition) is 4. The predicted molar refractivity (Wildman–Crippen MR) is 312 cm³/mol. The number of nitro benzene ring substituents is 4. The molecular formula is C52H48N8O20S4. The normalized spacial score (nSPS) is 10.9. The lowest BCUT2D eigenvalue weighted by atomic mass is 10.2. The SMILES string of the molecule is CS(=O)(=O)Nc1ccc([N+](=O)[O-])cc1Oc1ccccc1.CS(=O)(=O)Nc1ccc([N+](=O)[O-])cc1Oc1ccccc1.CS(=O)(=O)Nc1ccc([N+](=O)[O-])cc1Oc1ccccc1.CS(=O)(=O)Nc1ccc([N+](=O)[O-])cc1Oc1ccccc1. The molecule has 0 amide bonds. The van der Waals surface area contributed by atoms with Crippen LogP contribution in [0.1, 0.15) is 0 Å². The van der Waals surface area contributed by atoms with Crippen LogP contribution in [-0.4, -0.2) is 78.4 Å². The average Bonchev–Trinajstić information content (AvgIpc) is 3.38. The number of nitrogens with one attached hydrogen (secondary N) is 4. The monoisotopic (exact) mass is 1230 g/mol. The number of sulfonamides is 4. The molecule has 440 valence electrons. The van der Waals surface area contributed by atoms with E-state index in [-0.39, 0.29) is 68.5 Å². The summed E-state index contributed by atoms with van der Waals surface area (Å²) in [5.41, 5.74) is -0.252. The molecule has 0 heterocycles. The summed E-state index contributed by atoms with van der Waals surface area (Å²) in [7, 11) is -14.1. The molecule has 0 aromatic heterocycles. The van der Waals surface area contributed by atoms with Crippen LogP contribution in [0, 0.1) is 40.5 Å². The quantitative estimate of drug-likeness (QED) is 0.0407. The molecule has 0 saturated heterocycles. The number of hydrogen-bond acceptors (Lipinski definition) is 20. The molecule has 0 aliphatic heterocycles. The third-order valence-corrected chi connectivity index (χ3v) is 12.1. The number of nitro groups is 4. The molecule has 8 rings (SSSR count). The van der Waals surface area contributed by atoms with Gasteiger partial charge >= 0.3 is 0 Å². The Morgan fingerprint density at radius 3 is 0.595 bits per heavy atom. The number of non-ortho nitro benzene ring substituents is 4. The van der Waals surface area contributed by atoms with E-state index in [4.69, 9.17) is 18.9 Å². The third-order valence-electron chi connectivity index (χ3n) is 9.77. The fourth-order valence-electron chi connectivity index (χ4n) is 6.43. The van der Waals surface area contributed by atoms with Crippen molar-refractivity contribution in [3.05, 3.63) is 235 Å². The zero-order valence-electron chi connectivity index (χ0n) is 44.1. The molecule has 32 heteroatoms. The second kappa shape index (κ2) is 28.8. The number of para-hydroxylation sites is 4. The first-order chi connectivity index (χ1) is 39.4. The van der Waals surface area contributed by atoms with Crippen LogP contribution in [0.5, 0.6) is 46.0 Å². The minimum atomic E-state index is -3.52. The van der Waals surface area contributed by atoms with Gasteiger partial charge in [0.1, 0.15) is 23.0 Å². The molecule has 0 atom stereocenters. The molecule has 0 unspecified atom stereocenters. The summed E-state index contributed by atoms with van der Waals surface area (Å²) < 4.78 is 122. The van der Waals surface area contributed by atoms with E-state index in [1.165, 1.54) is 72.8 Å². The van der Waals surface area contributed by atoms with Gasteiger partial charge in [0.25, 0.3) is 22.7 Å². The summed E-state index contributed by atoms with van der Waals surface area (Å²) in [6.07, 6.45) is 3.95. The molecule has 8 aromatic carbocycles. The van der Waals surface area contributed by atoms with E-state index in [1.807, 2.05) is 0 Å². The number of ether oxygens (including phenoxy) is 4. The topological polar surface area (TPSA) is 394 Å². The van der Waals surface area contributed by atoms with Gasteiger partial charge in [-0.3, -0.25) is 59.3 Å².